The number of hydrogen-bond acceptors (Lipinski definition) is 4. The lowest BCUT2D eigenvalue weighted by Crippen LogP contribution is -2.20. The van der Waals surface area contributed by atoms with Gasteiger partial charge in [0, 0.05) is 0 Å². The molecule has 64 valence electrons. The van der Waals surface area contributed by atoms with Crippen LogP contribution in [0.2, 0.25) is 0 Å². The molecule has 4 heteroatoms. The average molecular weight is 159 g/mol. The Balaban J connectivity index is 3.78. The van der Waals surface area contributed by atoms with Crippen molar-refractivity contribution in [1.29, 1.82) is 0 Å². The molecule has 0 amide bonds. The van der Waals surface area contributed by atoms with Crippen LogP contribution in [0.4, 0.5) is 0 Å². The molecule has 0 unspecified atom stereocenters. The van der Waals surface area contributed by atoms with Crippen LogP contribution in [0.3, 0.4) is 0 Å². The summed E-state index contributed by atoms with van der Waals surface area (Å²) in [6.07, 6.45) is -0.630. The first-order valence-electron chi connectivity index (χ1n) is 3.32. The lowest BCUT2D eigenvalue weighted by atomic mass is 10.4. The topological polar surface area (TPSA) is 47.9 Å². The molecule has 0 spiro atoms. The summed E-state index contributed by atoms with van der Waals surface area (Å²) in [6, 6.07) is 0. The molecule has 0 fully saturated rings. The Morgan fingerprint density at radius 1 is 1.45 bits per heavy atom. The van der Waals surface area contributed by atoms with Crippen molar-refractivity contribution in [3.8, 4) is 0 Å². The Labute approximate surface area is 66.2 Å². The maximum absolute atomic E-state index is 10.7. The van der Waals surface area contributed by atoms with E-state index in [1.54, 1.807) is 20.8 Å². The van der Waals surface area contributed by atoms with Crippen LogP contribution in [0, 0.1) is 0 Å². The first kappa shape index (κ1) is 9.94. The summed E-state index contributed by atoms with van der Waals surface area (Å²) in [5.41, 5.74) is 0.765. The highest BCUT2D eigenvalue weighted by molar-refractivity contribution is 5.79. The van der Waals surface area contributed by atoms with Gasteiger partial charge in [-0.2, -0.15) is 0 Å². The Kier molecular flexibility index (Phi) is 4.26. The monoisotopic (exact) mass is 159 g/mol. The third-order valence-electron chi connectivity index (χ3n) is 0.927. The van der Waals surface area contributed by atoms with Crippen LogP contribution in [0.5, 0.6) is 0 Å². The van der Waals surface area contributed by atoms with Gasteiger partial charge < -0.3 is 9.57 Å². The highest BCUT2D eigenvalue weighted by Gasteiger charge is 2.13. The third kappa shape index (κ3) is 4.36. The summed E-state index contributed by atoms with van der Waals surface area (Å²) in [6.45, 7) is 5.15. The Bertz CT molecular complexity index is 161. The SMILES string of the molecule is COC(=O)[C@@H](C)ON=C(C)C. The number of carbonyl (C=O) groups excluding carboxylic acids is 1. The highest BCUT2D eigenvalue weighted by atomic mass is 16.7. The second-order valence-corrected chi connectivity index (χ2v) is 2.31. The van der Waals surface area contributed by atoms with E-state index < -0.39 is 12.1 Å². The summed E-state index contributed by atoms with van der Waals surface area (Å²) in [4.78, 5) is 15.5. The summed E-state index contributed by atoms with van der Waals surface area (Å²) < 4.78 is 4.41. The Hall–Kier alpha value is -1.06. The Morgan fingerprint density at radius 3 is 2.36 bits per heavy atom. The van der Waals surface area contributed by atoms with E-state index in [4.69, 9.17) is 4.84 Å². The zero-order chi connectivity index (χ0) is 8.85. The number of oxime groups is 1. The molecule has 0 saturated carbocycles. The van der Waals surface area contributed by atoms with E-state index in [0.29, 0.717) is 0 Å². The van der Waals surface area contributed by atoms with Gasteiger partial charge in [-0.05, 0) is 20.8 Å². The van der Waals surface area contributed by atoms with Gasteiger partial charge in [-0.1, -0.05) is 5.16 Å². The van der Waals surface area contributed by atoms with Crippen molar-refractivity contribution >= 4 is 11.7 Å². The lowest BCUT2D eigenvalue weighted by Gasteiger charge is -2.06. The molecule has 0 aromatic rings. The molecule has 0 aromatic heterocycles. The van der Waals surface area contributed by atoms with E-state index in [0.717, 1.165) is 5.71 Å². The minimum absolute atomic E-state index is 0.421. The number of esters is 1. The van der Waals surface area contributed by atoms with E-state index in [1.807, 2.05) is 0 Å². The maximum atomic E-state index is 10.7. The Morgan fingerprint density at radius 2 is 2.00 bits per heavy atom. The molecule has 4 nitrogen and oxygen atoms in total. The number of rotatable bonds is 3. The van der Waals surface area contributed by atoms with Crippen LogP contribution in [0.1, 0.15) is 20.8 Å². The second kappa shape index (κ2) is 4.71. The predicted octanol–water partition coefficient (Wildman–Crippen LogP) is 0.960. The van der Waals surface area contributed by atoms with Gasteiger partial charge in [0.1, 0.15) is 0 Å². The fourth-order valence-electron chi connectivity index (χ4n) is 0.393. The standard InChI is InChI=1S/C7H13NO3/c1-5(2)8-11-6(3)7(9)10-4/h6H,1-4H3/t6-/m1/s1. The van der Waals surface area contributed by atoms with Crippen molar-refractivity contribution in [3.63, 3.8) is 0 Å². The van der Waals surface area contributed by atoms with Gasteiger partial charge in [0.25, 0.3) is 0 Å². The molecule has 0 bridgehead atoms. The van der Waals surface area contributed by atoms with Crippen molar-refractivity contribution in [3.05, 3.63) is 0 Å². The average Bonchev–Trinajstić information content (AvgIpc) is 1.98. The molecule has 0 heterocycles. The number of carbonyl (C=O) groups is 1. The zero-order valence-corrected chi connectivity index (χ0v) is 7.25. The molecule has 11 heavy (non-hydrogen) atoms. The largest absolute Gasteiger partial charge is 0.466 e. The van der Waals surface area contributed by atoms with Crippen molar-refractivity contribution < 1.29 is 14.4 Å². The summed E-state index contributed by atoms with van der Waals surface area (Å²) in [5.74, 6) is -0.421. The number of hydrogen-bond donors (Lipinski definition) is 0. The van der Waals surface area contributed by atoms with Gasteiger partial charge in [-0.15, -0.1) is 0 Å². The van der Waals surface area contributed by atoms with Crippen molar-refractivity contribution in [2.45, 2.75) is 26.9 Å². The van der Waals surface area contributed by atoms with Gasteiger partial charge in [-0.25, -0.2) is 4.79 Å². The fourth-order valence-corrected chi connectivity index (χ4v) is 0.393. The van der Waals surface area contributed by atoms with E-state index in [9.17, 15) is 4.79 Å². The smallest absolute Gasteiger partial charge is 0.349 e. The zero-order valence-electron chi connectivity index (χ0n) is 7.25. The summed E-state index contributed by atoms with van der Waals surface area (Å²) >= 11 is 0. The van der Waals surface area contributed by atoms with E-state index in [1.165, 1.54) is 7.11 Å². The van der Waals surface area contributed by atoms with Crippen molar-refractivity contribution in [2.75, 3.05) is 7.11 Å². The van der Waals surface area contributed by atoms with Gasteiger partial charge in [0.15, 0.2) is 0 Å². The second-order valence-electron chi connectivity index (χ2n) is 2.31. The molecule has 0 aromatic carbocycles. The van der Waals surface area contributed by atoms with Crippen LogP contribution in [-0.4, -0.2) is 24.9 Å². The molecule has 0 aliphatic carbocycles. The van der Waals surface area contributed by atoms with Gasteiger partial charge in [0.05, 0.1) is 12.8 Å². The van der Waals surface area contributed by atoms with Crippen LogP contribution < -0.4 is 0 Å². The number of nitrogens with zero attached hydrogens (tertiary/aromatic N) is 1. The van der Waals surface area contributed by atoms with Gasteiger partial charge in [-0.3, -0.25) is 0 Å². The van der Waals surface area contributed by atoms with E-state index in [-0.39, 0.29) is 0 Å². The quantitative estimate of drug-likeness (QED) is 0.350. The minimum Gasteiger partial charge on any atom is -0.466 e. The van der Waals surface area contributed by atoms with Gasteiger partial charge >= 0.3 is 5.97 Å². The molecule has 0 aliphatic rings. The van der Waals surface area contributed by atoms with Crippen LogP contribution >= 0.6 is 0 Å². The molecule has 1 atom stereocenters. The number of ether oxygens (including phenoxy) is 1. The molecule has 0 aliphatic heterocycles. The minimum atomic E-state index is -0.630. The van der Waals surface area contributed by atoms with Crippen LogP contribution in [0.15, 0.2) is 5.16 Å². The lowest BCUT2D eigenvalue weighted by molar-refractivity contribution is -0.152. The predicted molar refractivity (Wildman–Crippen MR) is 41.3 cm³/mol. The summed E-state index contributed by atoms with van der Waals surface area (Å²) in [7, 11) is 1.31. The fraction of sp³-hybridized carbons (Fsp3) is 0.714. The van der Waals surface area contributed by atoms with Crippen molar-refractivity contribution in [1.82, 2.24) is 0 Å². The maximum Gasteiger partial charge on any atom is 0.349 e. The first-order chi connectivity index (χ1) is 5.07. The van der Waals surface area contributed by atoms with Crippen LogP contribution in [0.25, 0.3) is 0 Å². The molecule has 0 N–H and O–H groups in total. The molecular formula is C7H13NO3. The van der Waals surface area contributed by atoms with Crippen molar-refractivity contribution in [2.24, 2.45) is 5.16 Å². The normalized spacial score (nSPS) is 11.6. The highest BCUT2D eigenvalue weighted by Crippen LogP contribution is 1.94. The molecule has 0 radical (unpaired) electrons. The molecule has 0 rings (SSSR count). The van der Waals surface area contributed by atoms with E-state index >= 15 is 0 Å². The third-order valence-corrected chi connectivity index (χ3v) is 0.927. The van der Waals surface area contributed by atoms with Crippen LogP contribution in [-0.2, 0) is 14.4 Å². The van der Waals surface area contributed by atoms with Gasteiger partial charge in [0.2, 0.25) is 6.10 Å². The molecule has 0 saturated heterocycles. The summed E-state index contributed by atoms with van der Waals surface area (Å²) in [5, 5.41) is 3.61. The number of methoxy groups -OCH3 is 1. The van der Waals surface area contributed by atoms with E-state index in [2.05, 4.69) is 9.89 Å². The first-order valence-corrected chi connectivity index (χ1v) is 3.32. The molecular weight excluding hydrogens is 146 g/mol.